The van der Waals surface area contributed by atoms with E-state index in [-0.39, 0.29) is 5.78 Å². The third-order valence-corrected chi connectivity index (χ3v) is 2.75. The van der Waals surface area contributed by atoms with Gasteiger partial charge >= 0.3 is 0 Å². The first-order valence-corrected chi connectivity index (χ1v) is 5.16. The average Bonchev–Trinajstić information content (AvgIpc) is 2.25. The Morgan fingerprint density at radius 3 is 2.86 bits per heavy atom. The number of carbonyl (C=O) groups is 1. The summed E-state index contributed by atoms with van der Waals surface area (Å²) < 4.78 is 0. The molecule has 0 saturated heterocycles. The highest BCUT2D eigenvalue weighted by molar-refractivity contribution is 6.36. The maximum Gasteiger partial charge on any atom is 0.139 e. The molecule has 0 amide bonds. The lowest BCUT2D eigenvalue weighted by molar-refractivity contribution is -0.118. The molecule has 0 bridgehead atoms. The van der Waals surface area contributed by atoms with E-state index in [4.69, 9.17) is 23.2 Å². The second-order valence-electron chi connectivity index (χ2n) is 3.31. The fourth-order valence-corrected chi connectivity index (χ4v) is 2.19. The van der Waals surface area contributed by atoms with E-state index in [9.17, 15) is 4.79 Å². The number of ketones is 1. The van der Waals surface area contributed by atoms with Crippen molar-refractivity contribution >= 4 is 34.7 Å². The van der Waals surface area contributed by atoms with Crippen molar-refractivity contribution in [3.63, 3.8) is 0 Å². The standard InChI is InChI=1S/C10H9Cl2NO/c11-7-3-6-4-8(14)1-2-13-10(6)9(12)5-7/h3,5,13H,1-2,4H2. The fraction of sp³-hybridized carbons (Fsp3) is 0.300. The molecule has 1 aliphatic rings. The van der Waals surface area contributed by atoms with Gasteiger partial charge in [-0.3, -0.25) is 4.79 Å². The maximum absolute atomic E-state index is 11.3. The van der Waals surface area contributed by atoms with E-state index in [1.807, 2.05) is 0 Å². The number of anilines is 1. The van der Waals surface area contributed by atoms with Crippen molar-refractivity contribution in [2.75, 3.05) is 11.9 Å². The van der Waals surface area contributed by atoms with Gasteiger partial charge in [0, 0.05) is 24.4 Å². The van der Waals surface area contributed by atoms with Gasteiger partial charge in [-0.2, -0.15) is 0 Å². The van der Waals surface area contributed by atoms with Crippen LogP contribution >= 0.6 is 23.2 Å². The number of nitrogens with one attached hydrogen (secondary N) is 1. The van der Waals surface area contributed by atoms with Crippen LogP contribution in [0.3, 0.4) is 0 Å². The Morgan fingerprint density at radius 2 is 2.07 bits per heavy atom. The Balaban J connectivity index is 2.50. The first-order chi connectivity index (χ1) is 6.66. The first-order valence-electron chi connectivity index (χ1n) is 4.40. The molecular formula is C10H9Cl2NO. The largest absolute Gasteiger partial charge is 0.383 e. The van der Waals surface area contributed by atoms with Crippen molar-refractivity contribution in [2.24, 2.45) is 0 Å². The minimum Gasteiger partial charge on any atom is -0.383 e. The monoisotopic (exact) mass is 229 g/mol. The van der Waals surface area contributed by atoms with Gasteiger partial charge in [-0.1, -0.05) is 23.2 Å². The maximum atomic E-state index is 11.3. The van der Waals surface area contributed by atoms with Crippen LogP contribution in [-0.2, 0) is 11.2 Å². The van der Waals surface area contributed by atoms with Crippen molar-refractivity contribution < 1.29 is 4.79 Å². The number of fused-ring (bicyclic) bond motifs is 1. The Kier molecular flexibility index (Phi) is 2.66. The van der Waals surface area contributed by atoms with Gasteiger partial charge in [0.15, 0.2) is 0 Å². The molecule has 14 heavy (non-hydrogen) atoms. The lowest BCUT2D eigenvalue weighted by Gasteiger charge is -2.09. The molecule has 2 nitrogen and oxygen atoms in total. The summed E-state index contributed by atoms with van der Waals surface area (Å²) in [7, 11) is 0. The van der Waals surface area contributed by atoms with Gasteiger partial charge < -0.3 is 5.32 Å². The molecule has 0 saturated carbocycles. The van der Waals surface area contributed by atoms with E-state index in [2.05, 4.69) is 5.32 Å². The summed E-state index contributed by atoms with van der Waals surface area (Å²) in [5.41, 5.74) is 1.74. The van der Waals surface area contributed by atoms with E-state index in [0.717, 1.165) is 11.3 Å². The Labute approximate surface area is 92.2 Å². The lowest BCUT2D eigenvalue weighted by Crippen LogP contribution is -2.03. The smallest absolute Gasteiger partial charge is 0.139 e. The van der Waals surface area contributed by atoms with Gasteiger partial charge in [0.05, 0.1) is 10.7 Å². The molecule has 0 spiro atoms. The fourth-order valence-electron chi connectivity index (χ4n) is 1.59. The van der Waals surface area contributed by atoms with Gasteiger partial charge in [-0.05, 0) is 17.7 Å². The molecule has 0 atom stereocenters. The molecule has 1 N–H and O–H groups in total. The van der Waals surface area contributed by atoms with E-state index in [1.54, 1.807) is 12.1 Å². The number of carbonyl (C=O) groups excluding carboxylic acids is 1. The van der Waals surface area contributed by atoms with Crippen molar-refractivity contribution in [2.45, 2.75) is 12.8 Å². The molecule has 0 aliphatic carbocycles. The van der Waals surface area contributed by atoms with Crippen LogP contribution in [0.25, 0.3) is 0 Å². The van der Waals surface area contributed by atoms with Gasteiger partial charge in [0.2, 0.25) is 0 Å². The molecule has 0 aromatic heterocycles. The molecule has 74 valence electrons. The molecular weight excluding hydrogens is 221 g/mol. The second kappa shape index (κ2) is 3.79. The summed E-state index contributed by atoms with van der Waals surface area (Å²) in [6.45, 7) is 0.646. The van der Waals surface area contributed by atoms with Crippen molar-refractivity contribution in [3.05, 3.63) is 27.7 Å². The molecule has 4 heteroatoms. The zero-order valence-corrected chi connectivity index (χ0v) is 8.95. The van der Waals surface area contributed by atoms with Crippen LogP contribution in [0.15, 0.2) is 12.1 Å². The first kappa shape index (κ1) is 9.81. The minimum absolute atomic E-state index is 0.217. The summed E-state index contributed by atoms with van der Waals surface area (Å²) in [6, 6.07) is 3.48. The summed E-state index contributed by atoms with van der Waals surface area (Å²) in [6.07, 6.45) is 0.964. The van der Waals surface area contributed by atoms with Gasteiger partial charge in [-0.25, -0.2) is 0 Å². The molecule has 1 aromatic carbocycles. The van der Waals surface area contributed by atoms with E-state index < -0.39 is 0 Å². The number of halogens is 2. The predicted molar refractivity (Wildman–Crippen MR) is 58.3 cm³/mol. The topological polar surface area (TPSA) is 29.1 Å². The van der Waals surface area contributed by atoms with Gasteiger partial charge in [0.1, 0.15) is 5.78 Å². The summed E-state index contributed by atoms with van der Waals surface area (Å²) in [4.78, 5) is 11.3. The SMILES string of the molecule is O=C1CCNc2c(Cl)cc(Cl)cc2C1. The highest BCUT2D eigenvalue weighted by Gasteiger charge is 2.16. The van der Waals surface area contributed by atoms with Gasteiger partial charge in [0.25, 0.3) is 0 Å². The van der Waals surface area contributed by atoms with Crippen LogP contribution < -0.4 is 5.32 Å². The molecule has 2 rings (SSSR count). The second-order valence-corrected chi connectivity index (χ2v) is 4.16. The number of hydrogen-bond acceptors (Lipinski definition) is 2. The summed E-state index contributed by atoms with van der Waals surface area (Å²) >= 11 is 11.9. The third kappa shape index (κ3) is 1.86. The van der Waals surface area contributed by atoms with Crippen molar-refractivity contribution in [3.8, 4) is 0 Å². The van der Waals surface area contributed by atoms with Gasteiger partial charge in [-0.15, -0.1) is 0 Å². The molecule has 1 heterocycles. The van der Waals surface area contributed by atoms with E-state index >= 15 is 0 Å². The molecule has 1 aromatic rings. The minimum atomic E-state index is 0.217. The zero-order chi connectivity index (χ0) is 10.1. The quantitative estimate of drug-likeness (QED) is 0.742. The van der Waals surface area contributed by atoms with Crippen molar-refractivity contribution in [1.29, 1.82) is 0 Å². The molecule has 0 radical (unpaired) electrons. The van der Waals surface area contributed by atoms with Crippen LogP contribution in [0, 0.1) is 0 Å². The van der Waals surface area contributed by atoms with Crippen molar-refractivity contribution in [1.82, 2.24) is 0 Å². The highest BCUT2D eigenvalue weighted by atomic mass is 35.5. The lowest BCUT2D eigenvalue weighted by atomic mass is 10.1. The normalized spacial score (nSPS) is 15.7. The Bertz CT molecular complexity index is 390. The van der Waals surface area contributed by atoms with Crippen LogP contribution in [0.2, 0.25) is 10.0 Å². The summed E-state index contributed by atoms with van der Waals surface area (Å²) in [5, 5.41) is 4.30. The summed E-state index contributed by atoms with van der Waals surface area (Å²) in [5.74, 6) is 0.217. The zero-order valence-electron chi connectivity index (χ0n) is 7.44. The molecule has 0 fully saturated rings. The Morgan fingerprint density at radius 1 is 1.29 bits per heavy atom. The third-order valence-electron chi connectivity index (χ3n) is 2.23. The van der Waals surface area contributed by atoms with Crippen LogP contribution in [0.1, 0.15) is 12.0 Å². The van der Waals surface area contributed by atoms with Crippen LogP contribution in [0.5, 0.6) is 0 Å². The van der Waals surface area contributed by atoms with E-state index in [0.29, 0.717) is 29.4 Å². The number of hydrogen-bond donors (Lipinski definition) is 1. The van der Waals surface area contributed by atoms with E-state index in [1.165, 1.54) is 0 Å². The van der Waals surface area contributed by atoms with Crippen LogP contribution in [-0.4, -0.2) is 12.3 Å². The number of Topliss-reactive ketones (excluding diaryl/α,β-unsaturated/α-hetero) is 1. The highest BCUT2D eigenvalue weighted by Crippen LogP contribution is 2.31. The number of benzene rings is 1. The Hall–Kier alpha value is -0.730. The predicted octanol–water partition coefficient (Wildman–Crippen LogP) is 2.92. The molecule has 1 aliphatic heterocycles. The number of rotatable bonds is 0. The van der Waals surface area contributed by atoms with Crippen LogP contribution in [0.4, 0.5) is 5.69 Å². The average molecular weight is 230 g/mol. The molecule has 0 unspecified atom stereocenters.